The minimum atomic E-state index is -4.13. The number of unbranched alkanes of at least 4 members (excludes halogenated alkanes) is 2. The Bertz CT molecular complexity index is 1380. The average molecular weight is 550 g/mol. The van der Waals surface area contributed by atoms with Crippen molar-refractivity contribution in [2.24, 2.45) is 4.99 Å². The highest BCUT2D eigenvalue weighted by Gasteiger charge is 2.19. The van der Waals surface area contributed by atoms with E-state index in [9.17, 15) is 22.4 Å². The van der Waals surface area contributed by atoms with Gasteiger partial charge in [-0.05, 0) is 76.4 Å². The number of halogens is 1. The first-order chi connectivity index (χ1) is 17.4. The van der Waals surface area contributed by atoms with Crippen molar-refractivity contribution in [3.8, 4) is 5.75 Å². The van der Waals surface area contributed by atoms with E-state index in [-0.39, 0.29) is 16.6 Å². The largest absolute Gasteiger partial charge is 0.379 e. The van der Waals surface area contributed by atoms with Crippen LogP contribution < -0.4 is 9.50 Å². The zero-order valence-electron chi connectivity index (χ0n) is 20.7. The maximum absolute atomic E-state index is 13.1. The van der Waals surface area contributed by atoms with E-state index in [1.807, 2.05) is 20.8 Å². The number of aromatic nitrogens is 1. The summed E-state index contributed by atoms with van der Waals surface area (Å²) in [6.07, 6.45) is 3.99. The molecule has 3 aromatic rings. The summed E-state index contributed by atoms with van der Waals surface area (Å²) in [6, 6.07) is 8.90. The third-order valence-electron chi connectivity index (χ3n) is 4.96. The van der Waals surface area contributed by atoms with E-state index in [2.05, 4.69) is 15.3 Å². The fourth-order valence-electron chi connectivity index (χ4n) is 3.37. The fourth-order valence-corrected chi connectivity index (χ4v) is 5.20. The number of carbonyl (C=O) groups is 1. The van der Waals surface area contributed by atoms with E-state index in [0.717, 1.165) is 37.1 Å². The minimum absolute atomic E-state index is 0.0750. The summed E-state index contributed by atoms with van der Waals surface area (Å²) in [5, 5.41) is 3.15. The number of thiazole rings is 1. The second-order valence-electron chi connectivity index (χ2n) is 9.19. The Morgan fingerprint density at radius 2 is 1.89 bits per heavy atom. The van der Waals surface area contributed by atoms with Crippen LogP contribution in [-0.2, 0) is 24.4 Å². The lowest BCUT2D eigenvalue weighted by atomic mass is 10.1. The van der Waals surface area contributed by atoms with Gasteiger partial charge in [-0.1, -0.05) is 17.8 Å². The molecule has 1 aromatic heterocycles. The van der Waals surface area contributed by atoms with Crippen LogP contribution in [0.1, 0.15) is 52.9 Å². The molecule has 0 bridgehead atoms. The third-order valence-corrected chi connectivity index (χ3v) is 7.15. The number of rotatable bonds is 12. The van der Waals surface area contributed by atoms with Crippen LogP contribution in [-0.4, -0.2) is 37.2 Å². The van der Waals surface area contributed by atoms with Gasteiger partial charge in [0, 0.05) is 12.5 Å². The topological polar surface area (TPSA) is 124 Å². The Morgan fingerprint density at radius 1 is 1.16 bits per heavy atom. The molecule has 0 aliphatic heterocycles. The monoisotopic (exact) mass is 549 g/mol. The van der Waals surface area contributed by atoms with Crippen molar-refractivity contribution in [2.45, 2.75) is 69.6 Å². The molecular weight excluding hydrogens is 521 g/mol. The van der Waals surface area contributed by atoms with Crippen LogP contribution in [0.15, 0.2) is 52.4 Å². The van der Waals surface area contributed by atoms with Gasteiger partial charge in [0.25, 0.3) is 0 Å². The lowest BCUT2D eigenvalue weighted by Gasteiger charge is -2.24. The van der Waals surface area contributed by atoms with E-state index in [1.54, 1.807) is 12.1 Å². The van der Waals surface area contributed by atoms with Crippen LogP contribution in [0.2, 0.25) is 0 Å². The van der Waals surface area contributed by atoms with E-state index < -0.39 is 27.8 Å². The van der Waals surface area contributed by atoms with Gasteiger partial charge < -0.3 is 14.2 Å². The predicted octanol–water partition coefficient (Wildman–Crippen LogP) is 5.57. The molecule has 3 rings (SSSR count). The van der Waals surface area contributed by atoms with Crippen LogP contribution in [0, 0.1) is 5.82 Å². The number of carbonyl (C=O) groups excluding carboxylic acids is 2. The van der Waals surface area contributed by atoms with E-state index in [4.69, 9.17) is 8.92 Å². The van der Waals surface area contributed by atoms with Gasteiger partial charge in [-0.15, -0.1) is 0 Å². The van der Waals surface area contributed by atoms with Gasteiger partial charge in [-0.25, -0.2) is 14.2 Å². The zero-order valence-corrected chi connectivity index (χ0v) is 22.3. The van der Waals surface area contributed by atoms with Gasteiger partial charge in [-0.2, -0.15) is 13.4 Å². The summed E-state index contributed by atoms with van der Waals surface area (Å²) in [7, 11) is -4.13. The molecule has 2 aromatic carbocycles. The van der Waals surface area contributed by atoms with Crippen molar-refractivity contribution in [1.82, 2.24) is 4.98 Å². The Labute approximate surface area is 218 Å². The normalized spacial score (nSPS) is 12.6. The molecule has 12 heteroatoms. The average Bonchev–Trinajstić information content (AvgIpc) is 3.19. The van der Waals surface area contributed by atoms with Gasteiger partial charge in [0.05, 0.1) is 15.8 Å². The quantitative estimate of drug-likeness (QED) is 0.136. The highest BCUT2D eigenvalue weighted by molar-refractivity contribution is 7.87. The van der Waals surface area contributed by atoms with Crippen LogP contribution in [0.25, 0.3) is 10.2 Å². The second kappa shape index (κ2) is 12.4. The highest BCUT2D eigenvalue weighted by atomic mass is 32.2. The zero-order chi connectivity index (χ0) is 27.1. The molecule has 0 saturated heterocycles. The van der Waals surface area contributed by atoms with Gasteiger partial charge >= 0.3 is 10.1 Å². The number of nitrogens with one attached hydrogen (secondary N) is 1. The fraction of sp³-hybridized carbons (Fsp3) is 0.400. The van der Waals surface area contributed by atoms with Gasteiger partial charge in [-0.3, -0.25) is 4.79 Å². The number of anilines is 1. The standard InChI is InChI=1S/C25H28FN3O6S2/c1-25(2,3)34-23(27-16-30)8-6-4-5-7-22(31)29-24-28-20-14-11-18(15-21(20)36-24)35-37(32,33)19-12-9-17(26)10-13-19/h9-15,23H,4-8H2,1-3H3,(H,28,29,31). The first-order valence-electron chi connectivity index (χ1n) is 11.6. The molecule has 0 aliphatic carbocycles. The molecule has 0 radical (unpaired) electrons. The number of fused-ring (bicyclic) bond motifs is 1. The summed E-state index contributed by atoms with van der Waals surface area (Å²) in [6.45, 7) is 5.66. The molecular formula is C25H28FN3O6S2. The summed E-state index contributed by atoms with van der Waals surface area (Å²) in [5.41, 5.74) is 0.152. The first-order valence-corrected chi connectivity index (χ1v) is 13.8. The molecule has 37 heavy (non-hydrogen) atoms. The molecule has 1 N–H and O–H groups in total. The van der Waals surface area contributed by atoms with Crippen molar-refractivity contribution >= 4 is 48.8 Å². The second-order valence-corrected chi connectivity index (χ2v) is 11.8. The van der Waals surface area contributed by atoms with Crippen molar-refractivity contribution in [1.29, 1.82) is 0 Å². The highest BCUT2D eigenvalue weighted by Crippen LogP contribution is 2.30. The minimum Gasteiger partial charge on any atom is -0.379 e. The van der Waals surface area contributed by atoms with Crippen molar-refractivity contribution < 1.29 is 31.3 Å². The smallest absolute Gasteiger partial charge is 0.339 e. The molecule has 0 aliphatic rings. The number of hydrogen-bond donors (Lipinski definition) is 1. The SMILES string of the molecule is CC(C)(C)OC(CCCCCC(=O)Nc1nc2ccc(OS(=O)(=O)c3ccc(F)cc3)cc2s1)N=C=O. The Kier molecular flexibility index (Phi) is 9.50. The molecule has 1 atom stereocenters. The summed E-state index contributed by atoms with van der Waals surface area (Å²) >= 11 is 1.19. The molecule has 0 fully saturated rings. The maximum atomic E-state index is 13.1. The number of benzene rings is 2. The molecule has 1 heterocycles. The summed E-state index contributed by atoms with van der Waals surface area (Å²) in [5.74, 6) is -0.669. The van der Waals surface area contributed by atoms with Gasteiger partial charge in [0.2, 0.25) is 12.0 Å². The van der Waals surface area contributed by atoms with Crippen LogP contribution in [0.3, 0.4) is 0 Å². The number of nitrogens with zero attached hydrogens (tertiary/aromatic N) is 2. The van der Waals surface area contributed by atoms with Crippen molar-refractivity contribution in [2.75, 3.05) is 5.32 Å². The van der Waals surface area contributed by atoms with Crippen LogP contribution in [0.4, 0.5) is 9.52 Å². The molecule has 0 spiro atoms. The maximum Gasteiger partial charge on any atom is 0.339 e. The lowest BCUT2D eigenvalue weighted by molar-refractivity contribution is -0.116. The Balaban J connectivity index is 1.50. The molecule has 1 unspecified atom stereocenters. The van der Waals surface area contributed by atoms with Crippen LogP contribution >= 0.6 is 11.3 Å². The predicted molar refractivity (Wildman–Crippen MR) is 138 cm³/mol. The number of ether oxygens (including phenoxy) is 1. The summed E-state index contributed by atoms with van der Waals surface area (Å²) < 4.78 is 49.5. The van der Waals surface area contributed by atoms with E-state index in [0.29, 0.717) is 34.6 Å². The number of isocyanates is 1. The third kappa shape index (κ3) is 9.01. The molecule has 198 valence electrons. The van der Waals surface area contributed by atoms with Crippen molar-refractivity contribution in [3.05, 3.63) is 48.3 Å². The Morgan fingerprint density at radius 3 is 2.57 bits per heavy atom. The molecule has 1 amide bonds. The number of amides is 1. The first kappa shape index (κ1) is 28.4. The van der Waals surface area contributed by atoms with Gasteiger partial charge in [0.1, 0.15) is 16.5 Å². The summed E-state index contributed by atoms with van der Waals surface area (Å²) in [4.78, 5) is 30.8. The Hall–Kier alpha value is -3.18. The van der Waals surface area contributed by atoms with Crippen LogP contribution in [0.5, 0.6) is 5.75 Å². The van der Waals surface area contributed by atoms with E-state index >= 15 is 0 Å². The van der Waals surface area contributed by atoms with Gasteiger partial charge in [0.15, 0.2) is 11.4 Å². The lowest BCUT2D eigenvalue weighted by Crippen LogP contribution is -2.26. The molecule has 0 saturated carbocycles. The van der Waals surface area contributed by atoms with Crippen molar-refractivity contribution in [3.63, 3.8) is 0 Å². The number of hydrogen-bond acceptors (Lipinski definition) is 9. The van der Waals surface area contributed by atoms with E-state index in [1.165, 1.54) is 23.5 Å². The molecule has 9 nitrogen and oxygen atoms in total. The number of aliphatic imine (C=N–C) groups is 1.